The summed E-state index contributed by atoms with van der Waals surface area (Å²) in [5.41, 5.74) is -3.28. The molecule has 3 unspecified atom stereocenters. The van der Waals surface area contributed by atoms with Crippen molar-refractivity contribution in [3.05, 3.63) is 101 Å². The van der Waals surface area contributed by atoms with Crippen LogP contribution >= 0.6 is 23.8 Å². The minimum absolute atomic E-state index is 0.00440. The van der Waals surface area contributed by atoms with E-state index >= 15 is 0 Å². The van der Waals surface area contributed by atoms with E-state index in [1.54, 1.807) is 24.3 Å². The van der Waals surface area contributed by atoms with Crippen molar-refractivity contribution >= 4 is 40.4 Å². The first-order valence-corrected chi connectivity index (χ1v) is 10.7. The Hall–Kier alpha value is -2.94. The lowest BCUT2D eigenvalue weighted by Crippen LogP contribution is -2.74. The van der Waals surface area contributed by atoms with Crippen molar-refractivity contribution in [2.24, 2.45) is 5.92 Å². The van der Waals surface area contributed by atoms with Gasteiger partial charge in [0, 0.05) is 16.3 Å². The number of anilines is 1. The number of Topliss-reactive ketones (excluding diaryl/α,β-unsaturated/α-hetero) is 1. The first-order chi connectivity index (χ1) is 15.6. The van der Waals surface area contributed by atoms with Gasteiger partial charge < -0.3 is 10.4 Å². The van der Waals surface area contributed by atoms with Gasteiger partial charge in [0.15, 0.2) is 10.9 Å². The normalized spacial score (nSPS) is 23.2. The fourth-order valence-electron chi connectivity index (χ4n) is 4.06. The van der Waals surface area contributed by atoms with Crippen LogP contribution < -0.4 is 10.2 Å². The Morgan fingerprint density at radius 1 is 0.970 bits per heavy atom. The van der Waals surface area contributed by atoms with Crippen LogP contribution in [-0.4, -0.2) is 27.9 Å². The van der Waals surface area contributed by atoms with Gasteiger partial charge in [-0.2, -0.15) is 13.2 Å². The summed E-state index contributed by atoms with van der Waals surface area (Å²) in [5.74, 6) is -2.88. The zero-order chi connectivity index (χ0) is 23.8. The molecular weight excluding hydrogens is 473 g/mol. The largest absolute Gasteiger partial charge is 0.437 e. The first kappa shape index (κ1) is 23.2. The third kappa shape index (κ3) is 4.10. The lowest BCUT2D eigenvalue weighted by Gasteiger charge is -2.52. The number of thiocarbonyl (C=S) groups is 1. The third-order valence-electron chi connectivity index (χ3n) is 5.59. The molecule has 33 heavy (non-hydrogen) atoms. The number of ketones is 1. The molecule has 4 rings (SSSR count). The van der Waals surface area contributed by atoms with Gasteiger partial charge in [-0.05, 0) is 42.0 Å². The number of hydrogen-bond acceptors (Lipinski definition) is 3. The van der Waals surface area contributed by atoms with Gasteiger partial charge in [-0.1, -0.05) is 72.3 Å². The maximum atomic E-state index is 14.8. The first-order valence-electron chi connectivity index (χ1n) is 9.94. The van der Waals surface area contributed by atoms with Crippen molar-refractivity contribution in [1.29, 1.82) is 0 Å². The van der Waals surface area contributed by atoms with Crippen molar-refractivity contribution in [2.45, 2.75) is 17.9 Å². The van der Waals surface area contributed by atoms with Gasteiger partial charge >= 0.3 is 6.18 Å². The monoisotopic (exact) mass is 490 g/mol. The topological polar surface area (TPSA) is 52.6 Å². The van der Waals surface area contributed by atoms with Crippen molar-refractivity contribution in [2.75, 3.05) is 4.90 Å². The molecule has 1 heterocycles. The highest BCUT2D eigenvalue weighted by molar-refractivity contribution is 7.80. The van der Waals surface area contributed by atoms with E-state index in [2.05, 4.69) is 5.32 Å². The number of halogens is 4. The van der Waals surface area contributed by atoms with Crippen LogP contribution in [0.4, 0.5) is 18.9 Å². The van der Waals surface area contributed by atoms with E-state index < -0.39 is 29.6 Å². The second-order valence-corrected chi connectivity index (χ2v) is 8.40. The number of alkyl halides is 3. The molecule has 0 aliphatic carbocycles. The molecule has 4 nitrogen and oxygen atoms in total. The van der Waals surface area contributed by atoms with Gasteiger partial charge in [-0.15, -0.1) is 0 Å². The number of rotatable bonds is 4. The number of para-hydroxylation sites is 1. The summed E-state index contributed by atoms with van der Waals surface area (Å²) in [5, 5.41) is 14.4. The van der Waals surface area contributed by atoms with Crippen LogP contribution in [-0.2, 0) is 0 Å². The highest BCUT2D eigenvalue weighted by atomic mass is 35.5. The molecule has 3 aromatic rings. The highest BCUT2D eigenvalue weighted by Gasteiger charge is 2.69. The van der Waals surface area contributed by atoms with Crippen LogP contribution in [0.5, 0.6) is 0 Å². The zero-order valence-electron chi connectivity index (χ0n) is 17.0. The SMILES string of the molecule is O=C(c1ccccc1)C1C(c2ccc(Cl)cc2)NC(=S)N(c2ccccc2)C1(O)C(F)(F)F. The Kier molecular flexibility index (Phi) is 6.18. The Bertz CT molecular complexity index is 1160. The molecule has 3 atom stereocenters. The van der Waals surface area contributed by atoms with Crippen LogP contribution in [0.3, 0.4) is 0 Å². The number of carbonyl (C=O) groups excluding carboxylic acids is 1. The lowest BCUT2D eigenvalue weighted by molar-refractivity contribution is -0.274. The summed E-state index contributed by atoms with van der Waals surface area (Å²) in [6, 6.07) is 19.8. The maximum absolute atomic E-state index is 14.8. The van der Waals surface area contributed by atoms with E-state index in [1.807, 2.05) is 0 Å². The standard InChI is InChI=1S/C24H18ClF3N2O2S/c25-17-13-11-15(12-14-17)20-19(21(31)16-7-3-1-4-8-16)23(32,24(26,27)28)30(22(33)29-20)18-9-5-2-6-10-18/h1-14,19-20,32H,(H,29,33). The molecule has 0 amide bonds. The minimum atomic E-state index is -5.24. The van der Waals surface area contributed by atoms with E-state index in [0.29, 0.717) is 15.5 Å². The van der Waals surface area contributed by atoms with Crippen molar-refractivity contribution in [3.63, 3.8) is 0 Å². The van der Waals surface area contributed by atoms with Crippen LogP contribution in [0.2, 0.25) is 5.02 Å². The van der Waals surface area contributed by atoms with E-state index in [9.17, 15) is 23.1 Å². The van der Waals surface area contributed by atoms with Gasteiger partial charge in [0.25, 0.3) is 5.72 Å². The Morgan fingerprint density at radius 3 is 2.06 bits per heavy atom. The smallest absolute Gasteiger partial charge is 0.362 e. The lowest BCUT2D eigenvalue weighted by atomic mass is 9.76. The van der Waals surface area contributed by atoms with Gasteiger partial charge in [-0.25, -0.2) is 0 Å². The number of benzene rings is 3. The number of hydrogen-bond donors (Lipinski definition) is 2. The Balaban J connectivity index is 1.96. The number of nitrogens with one attached hydrogen (secondary N) is 1. The molecule has 9 heteroatoms. The zero-order valence-corrected chi connectivity index (χ0v) is 18.5. The van der Waals surface area contributed by atoms with Crippen LogP contribution in [0, 0.1) is 5.92 Å². The Labute approximate surface area is 198 Å². The summed E-state index contributed by atoms with van der Waals surface area (Å²) in [4.78, 5) is 14.2. The molecule has 0 radical (unpaired) electrons. The van der Waals surface area contributed by atoms with Crippen molar-refractivity contribution in [1.82, 2.24) is 5.32 Å². The van der Waals surface area contributed by atoms with E-state index in [0.717, 1.165) is 0 Å². The van der Waals surface area contributed by atoms with E-state index in [4.69, 9.17) is 23.8 Å². The van der Waals surface area contributed by atoms with E-state index in [-0.39, 0.29) is 16.4 Å². The molecular formula is C24H18ClF3N2O2S. The molecule has 1 aliphatic rings. The fourth-order valence-corrected chi connectivity index (χ4v) is 4.56. The Morgan fingerprint density at radius 2 is 1.52 bits per heavy atom. The average Bonchev–Trinajstić information content (AvgIpc) is 2.79. The van der Waals surface area contributed by atoms with Crippen LogP contribution in [0.25, 0.3) is 0 Å². The second kappa shape index (κ2) is 8.78. The molecule has 0 saturated carbocycles. The number of carbonyl (C=O) groups is 1. The van der Waals surface area contributed by atoms with Crippen molar-refractivity contribution < 1.29 is 23.1 Å². The van der Waals surface area contributed by atoms with Gasteiger partial charge in [-0.3, -0.25) is 9.69 Å². The molecule has 0 spiro atoms. The summed E-state index contributed by atoms with van der Waals surface area (Å²) in [6.45, 7) is 0. The van der Waals surface area contributed by atoms with Crippen LogP contribution in [0.15, 0.2) is 84.9 Å². The second-order valence-electron chi connectivity index (χ2n) is 7.58. The molecule has 2 N–H and O–H groups in total. The molecule has 0 aromatic heterocycles. The summed E-state index contributed by atoms with van der Waals surface area (Å²) >= 11 is 11.3. The molecule has 1 fully saturated rings. The summed E-state index contributed by atoms with van der Waals surface area (Å²) < 4.78 is 44.3. The predicted octanol–water partition coefficient (Wildman–Crippen LogP) is 5.53. The molecule has 0 bridgehead atoms. The molecule has 170 valence electrons. The highest BCUT2D eigenvalue weighted by Crippen LogP contribution is 2.49. The summed E-state index contributed by atoms with van der Waals surface area (Å²) in [6.07, 6.45) is -5.24. The quantitative estimate of drug-likeness (QED) is 0.372. The number of aliphatic hydroxyl groups is 1. The predicted molar refractivity (Wildman–Crippen MR) is 124 cm³/mol. The minimum Gasteiger partial charge on any atom is -0.362 e. The van der Waals surface area contributed by atoms with Crippen molar-refractivity contribution in [3.8, 4) is 0 Å². The third-order valence-corrected chi connectivity index (χ3v) is 6.14. The maximum Gasteiger partial charge on any atom is 0.437 e. The van der Waals surface area contributed by atoms with Gasteiger partial charge in [0.05, 0.1) is 6.04 Å². The van der Waals surface area contributed by atoms with Crippen LogP contribution in [0.1, 0.15) is 22.0 Å². The van der Waals surface area contributed by atoms with Gasteiger partial charge in [0.1, 0.15) is 5.92 Å². The summed E-state index contributed by atoms with van der Waals surface area (Å²) in [7, 11) is 0. The fraction of sp³-hybridized carbons (Fsp3) is 0.167. The van der Waals surface area contributed by atoms with E-state index in [1.165, 1.54) is 60.7 Å². The number of nitrogens with zero attached hydrogens (tertiary/aromatic N) is 1. The molecule has 1 saturated heterocycles. The average molecular weight is 491 g/mol. The van der Waals surface area contributed by atoms with Gasteiger partial charge in [0.2, 0.25) is 0 Å². The molecule has 1 aliphatic heterocycles. The molecule has 3 aromatic carbocycles.